The minimum Gasteiger partial charge on any atom is -0.466 e. The second-order valence-corrected chi connectivity index (χ2v) is 6.72. The molecule has 1 N–H and O–H groups in total. The van der Waals surface area contributed by atoms with Crippen molar-refractivity contribution >= 4 is 11.9 Å². The van der Waals surface area contributed by atoms with Gasteiger partial charge in [0.15, 0.2) is 5.96 Å². The number of guanidine groups is 1. The lowest BCUT2D eigenvalue weighted by Crippen LogP contribution is -2.48. The van der Waals surface area contributed by atoms with Gasteiger partial charge in [-0.25, -0.2) is 9.98 Å². The lowest BCUT2D eigenvalue weighted by molar-refractivity contribution is -0.149. The molecule has 2 aromatic rings. The number of aliphatic imine (C=N–C) groups is 1. The van der Waals surface area contributed by atoms with Crippen molar-refractivity contribution in [1.29, 1.82) is 0 Å². The van der Waals surface area contributed by atoms with Crippen LogP contribution in [0.15, 0.2) is 46.0 Å². The van der Waals surface area contributed by atoms with E-state index in [1.807, 2.05) is 44.2 Å². The van der Waals surface area contributed by atoms with Crippen molar-refractivity contribution < 1.29 is 13.9 Å². The lowest BCUT2D eigenvalue weighted by Gasteiger charge is -2.33. The minimum atomic E-state index is -0.118. The monoisotopic (exact) mass is 384 g/mol. The second kappa shape index (κ2) is 9.92. The number of esters is 1. The van der Waals surface area contributed by atoms with E-state index < -0.39 is 0 Å². The Kier molecular flexibility index (Phi) is 7.06. The third-order valence-electron chi connectivity index (χ3n) is 4.64. The molecule has 0 spiro atoms. The molecule has 2 heterocycles. The number of rotatable bonds is 6. The molecular weight excluding hydrogens is 356 g/mol. The summed E-state index contributed by atoms with van der Waals surface area (Å²) in [7, 11) is 0. The number of aromatic nitrogens is 1. The van der Waals surface area contributed by atoms with Crippen LogP contribution < -0.4 is 5.32 Å². The van der Waals surface area contributed by atoms with E-state index in [0.29, 0.717) is 25.6 Å². The zero-order valence-corrected chi connectivity index (χ0v) is 16.6. The first-order valence-electron chi connectivity index (χ1n) is 9.91. The highest BCUT2D eigenvalue weighted by Crippen LogP contribution is 2.20. The largest absolute Gasteiger partial charge is 0.466 e. The van der Waals surface area contributed by atoms with Gasteiger partial charge in [0, 0.05) is 25.2 Å². The second-order valence-electron chi connectivity index (χ2n) is 6.72. The molecule has 0 aliphatic carbocycles. The van der Waals surface area contributed by atoms with E-state index in [-0.39, 0.29) is 11.9 Å². The SMILES string of the molecule is CCNC(=NCc1coc(-c2ccccc2)n1)N1CCCC(C(=O)OCC)C1. The van der Waals surface area contributed by atoms with Crippen LogP contribution in [0, 0.1) is 5.92 Å². The number of nitrogens with one attached hydrogen (secondary N) is 1. The highest BCUT2D eigenvalue weighted by Gasteiger charge is 2.28. The maximum absolute atomic E-state index is 12.1. The van der Waals surface area contributed by atoms with Crippen LogP contribution in [0.2, 0.25) is 0 Å². The van der Waals surface area contributed by atoms with E-state index in [1.165, 1.54) is 0 Å². The molecule has 1 unspecified atom stereocenters. The van der Waals surface area contributed by atoms with Crippen molar-refractivity contribution in [3.05, 3.63) is 42.3 Å². The van der Waals surface area contributed by atoms with Crippen LogP contribution >= 0.6 is 0 Å². The van der Waals surface area contributed by atoms with E-state index in [0.717, 1.165) is 43.1 Å². The molecule has 1 aromatic carbocycles. The number of nitrogens with zero attached hydrogens (tertiary/aromatic N) is 3. The van der Waals surface area contributed by atoms with E-state index >= 15 is 0 Å². The van der Waals surface area contributed by atoms with Crippen LogP contribution in [0.3, 0.4) is 0 Å². The molecule has 1 atom stereocenters. The highest BCUT2D eigenvalue weighted by atomic mass is 16.5. The molecule has 1 aromatic heterocycles. The Morgan fingerprint density at radius 3 is 2.93 bits per heavy atom. The summed E-state index contributed by atoms with van der Waals surface area (Å²) >= 11 is 0. The first-order valence-corrected chi connectivity index (χ1v) is 9.91. The predicted octanol–water partition coefficient (Wildman–Crippen LogP) is 3.08. The molecule has 0 bridgehead atoms. The van der Waals surface area contributed by atoms with Gasteiger partial charge in [-0.15, -0.1) is 0 Å². The summed E-state index contributed by atoms with van der Waals surface area (Å²) in [6, 6.07) is 9.80. The molecule has 7 heteroatoms. The minimum absolute atomic E-state index is 0.103. The summed E-state index contributed by atoms with van der Waals surface area (Å²) < 4.78 is 10.8. The Labute approximate surface area is 165 Å². The number of carbonyl (C=O) groups excluding carboxylic acids is 1. The fourth-order valence-electron chi connectivity index (χ4n) is 3.30. The molecule has 150 valence electrons. The van der Waals surface area contributed by atoms with E-state index in [2.05, 4.69) is 15.2 Å². The van der Waals surface area contributed by atoms with Crippen LogP contribution in [-0.2, 0) is 16.1 Å². The highest BCUT2D eigenvalue weighted by molar-refractivity contribution is 5.81. The van der Waals surface area contributed by atoms with Gasteiger partial charge in [-0.2, -0.15) is 0 Å². The number of carbonyl (C=O) groups is 1. The average Bonchev–Trinajstić information content (AvgIpc) is 3.21. The number of piperidine rings is 1. The van der Waals surface area contributed by atoms with E-state index in [4.69, 9.17) is 14.1 Å². The van der Waals surface area contributed by atoms with Crippen LogP contribution in [0.4, 0.5) is 0 Å². The molecule has 28 heavy (non-hydrogen) atoms. The Balaban J connectivity index is 1.67. The molecule has 0 amide bonds. The van der Waals surface area contributed by atoms with Gasteiger partial charge in [-0.3, -0.25) is 4.79 Å². The van der Waals surface area contributed by atoms with E-state index in [1.54, 1.807) is 6.26 Å². The van der Waals surface area contributed by atoms with Gasteiger partial charge >= 0.3 is 5.97 Å². The maximum Gasteiger partial charge on any atom is 0.310 e. The zero-order chi connectivity index (χ0) is 19.8. The van der Waals surface area contributed by atoms with Crippen LogP contribution in [0.25, 0.3) is 11.5 Å². The van der Waals surface area contributed by atoms with Crippen molar-refractivity contribution in [2.24, 2.45) is 10.9 Å². The lowest BCUT2D eigenvalue weighted by atomic mass is 9.98. The van der Waals surface area contributed by atoms with Gasteiger partial charge in [0.1, 0.15) is 12.0 Å². The number of hydrogen-bond acceptors (Lipinski definition) is 5. The Bertz CT molecular complexity index is 788. The average molecular weight is 384 g/mol. The zero-order valence-electron chi connectivity index (χ0n) is 16.6. The first-order chi connectivity index (χ1) is 13.7. The molecule has 0 saturated carbocycles. The Hall–Kier alpha value is -2.83. The topological polar surface area (TPSA) is 80.0 Å². The predicted molar refractivity (Wildman–Crippen MR) is 108 cm³/mol. The molecule has 7 nitrogen and oxygen atoms in total. The van der Waals surface area contributed by atoms with Gasteiger partial charge in [0.2, 0.25) is 5.89 Å². The summed E-state index contributed by atoms with van der Waals surface area (Å²) in [6.07, 6.45) is 3.45. The number of hydrogen-bond donors (Lipinski definition) is 1. The van der Waals surface area contributed by atoms with Crippen LogP contribution in [0.1, 0.15) is 32.4 Å². The number of oxazole rings is 1. The van der Waals surface area contributed by atoms with Crippen LogP contribution in [-0.4, -0.2) is 48.1 Å². The Morgan fingerprint density at radius 1 is 1.36 bits per heavy atom. The van der Waals surface area contributed by atoms with Crippen molar-refractivity contribution in [3.63, 3.8) is 0 Å². The van der Waals surface area contributed by atoms with Crippen molar-refractivity contribution in [1.82, 2.24) is 15.2 Å². The maximum atomic E-state index is 12.1. The van der Waals surface area contributed by atoms with Gasteiger partial charge in [0.05, 0.1) is 19.1 Å². The quantitative estimate of drug-likeness (QED) is 0.468. The summed E-state index contributed by atoms with van der Waals surface area (Å²) in [4.78, 5) is 23.5. The summed E-state index contributed by atoms with van der Waals surface area (Å²) in [5.74, 6) is 1.17. The molecule has 0 radical (unpaired) electrons. The number of benzene rings is 1. The standard InChI is InChI=1S/C21H28N4O3/c1-3-22-21(25-12-8-11-17(14-25)20(26)27-4-2)23-13-18-15-28-19(24-18)16-9-6-5-7-10-16/h5-7,9-10,15,17H,3-4,8,11-14H2,1-2H3,(H,22,23). The van der Waals surface area contributed by atoms with Crippen molar-refractivity contribution in [2.45, 2.75) is 33.2 Å². The third-order valence-corrected chi connectivity index (χ3v) is 4.64. The summed E-state index contributed by atoms with van der Waals surface area (Å²) in [6.45, 7) is 6.96. The molecule has 1 fully saturated rings. The van der Waals surface area contributed by atoms with Crippen molar-refractivity contribution in [2.75, 3.05) is 26.2 Å². The molecule has 3 rings (SSSR count). The number of likely N-dealkylation sites (tertiary alicyclic amines) is 1. The number of ether oxygens (including phenoxy) is 1. The van der Waals surface area contributed by atoms with Gasteiger partial charge in [-0.1, -0.05) is 18.2 Å². The summed E-state index contributed by atoms with van der Waals surface area (Å²) in [5, 5.41) is 3.32. The third kappa shape index (κ3) is 5.12. The van der Waals surface area contributed by atoms with Crippen molar-refractivity contribution in [3.8, 4) is 11.5 Å². The smallest absolute Gasteiger partial charge is 0.310 e. The van der Waals surface area contributed by atoms with Crippen LogP contribution in [0.5, 0.6) is 0 Å². The van der Waals surface area contributed by atoms with Gasteiger partial charge in [0.25, 0.3) is 0 Å². The van der Waals surface area contributed by atoms with E-state index in [9.17, 15) is 4.79 Å². The molecule has 1 aliphatic heterocycles. The Morgan fingerprint density at radius 2 is 2.18 bits per heavy atom. The fraction of sp³-hybridized carbons (Fsp3) is 0.476. The summed E-state index contributed by atoms with van der Waals surface area (Å²) in [5.41, 5.74) is 1.71. The van der Waals surface area contributed by atoms with Gasteiger partial charge < -0.3 is 19.4 Å². The molecule has 1 saturated heterocycles. The fourth-order valence-corrected chi connectivity index (χ4v) is 3.30. The normalized spacial score (nSPS) is 17.4. The first kappa shape index (κ1) is 19.9. The van der Waals surface area contributed by atoms with Gasteiger partial charge in [-0.05, 0) is 38.8 Å². The molecule has 1 aliphatic rings. The molecular formula is C21H28N4O3.